The second-order valence-electron chi connectivity index (χ2n) is 5.86. The zero-order valence-electron chi connectivity index (χ0n) is 12.4. The average molecular weight is 316 g/mol. The molecule has 0 heterocycles. The van der Waals surface area contributed by atoms with Crippen molar-refractivity contribution in [2.75, 3.05) is 12.3 Å². The van der Waals surface area contributed by atoms with E-state index in [4.69, 9.17) is 10.5 Å². The van der Waals surface area contributed by atoms with Crippen LogP contribution >= 0.6 is 0 Å². The van der Waals surface area contributed by atoms with Crippen LogP contribution < -0.4 is 10.5 Å². The van der Waals surface area contributed by atoms with E-state index in [0.717, 1.165) is 6.07 Å². The minimum Gasteiger partial charge on any atom is -0.396 e. The molecule has 0 radical (unpaired) electrons. The summed E-state index contributed by atoms with van der Waals surface area (Å²) in [6.07, 6.45) is 0.635. The minimum atomic E-state index is -3.77. The van der Waals surface area contributed by atoms with Crippen molar-refractivity contribution in [1.29, 1.82) is 0 Å². The van der Waals surface area contributed by atoms with E-state index in [1.807, 2.05) is 20.8 Å². The lowest BCUT2D eigenvalue weighted by Crippen LogP contribution is -2.61. The molecule has 1 aliphatic carbocycles. The van der Waals surface area contributed by atoms with Crippen LogP contribution in [0.5, 0.6) is 0 Å². The summed E-state index contributed by atoms with van der Waals surface area (Å²) < 4.78 is 46.2. The second-order valence-corrected chi connectivity index (χ2v) is 7.57. The first kappa shape index (κ1) is 16.2. The molecular weight excluding hydrogens is 295 g/mol. The summed E-state index contributed by atoms with van der Waals surface area (Å²) >= 11 is 0. The predicted molar refractivity (Wildman–Crippen MR) is 78.7 cm³/mol. The molecule has 0 spiro atoms. The lowest BCUT2D eigenvalue weighted by molar-refractivity contribution is -0.108. The van der Waals surface area contributed by atoms with Crippen LogP contribution in [-0.2, 0) is 14.8 Å². The van der Waals surface area contributed by atoms with E-state index in [0.29, 0.717) is 13.0 Å². The smallest absolute Gasteiger partial charge is 0.240 e. The van der Waals surface area contributed by atoms with Gasteiger partial charge in [0, 0.05) is 18.1 Å². The number of nitrogen functional groups attached to an aromatic ring is 1. The van der Waals surface area contributed by atoms with Gasteiger partial charge in [0.25, 0.3) is 0 Å². The van der Waals surface area contributed by atoms with Crippen molar-refractivity contribution in [3.8, 4) is 0 Å². The van der Waals surface area contributed by atoms with E-state index in [-0.39, 0.29) is 28.1 Å². The molecule has 0 aliphatic heterocycles. The maximum Gasteiger partial charge on any atom is 0.240 e. The molecule has 5 nitrogen and oxygen atoms in total. The molecule has 3 N–H and O–H groups in total. The highest BCUT2D eigenvalue weighted by molar-refractivity contribution is 7.89. The zero-order valence-corrected chi connectivity index (χ0v) is 13.2. The van der Waals surface area contributed by atoms with Crippen molar-refractivity contribution in [2.45, 2.75) is 44.2 Å². The Morgan fingerprint density at radius 1 is 1.48 bits per heavy atom. The van der Waals surface area contributed by atoms with Crippen LogP contribution in [0.15, 0.2) is 23.1 Å². The molecule has 1 fully saturated rings. The van der Waals surface area contributed by atoms with Crippen molar-refractivity contribution < 1.29 is 17.5 Å². The normalized spacial score (nSPS) is 24.6. The Bertz CT molecular complexity index is 631. The van der Waals surface area contributed by atoms with Gasteiger partial charge in [-0.2, -0.15) is 0 Å². The highest BCUT2D eigenvalue weighted by Gasteiger charge is 2.50. The maximum atomic E-state index is 13.4. The molecule has 118 valence electrons. The lowest BCUT2D eigenvalue weighted by atomic mass is 9.65. The summed E-state index contributed by atoms with van der Waals surface area (Å²) in [5.41, 5.74) is 4.99. The molecule has 0 saturated heterocycles. The van der Waals surface area contributed by atoms with Crippen molar-refractivity contribution in [3.63, 3.8) is 0 Å². The Kier molecular flexibility index (Phi) is 4.28. The van der Waals surface area contributed by atoms with Crippen LogP contribution in [0.25, 0.3) is 0 Å². The van der Waals surface area contributed by atoms with Gasteiger partial charge in [0.2, 0.25) is 10.0 Å². The van der Waals surface area contributed by atoms with Gasteiger partial charge in [-0.05, 0) is 31.5 Å². The molecule has 0 aromatic heterocycles. The number of hydrogen-bond donors (Lipinski definition) is 2. The summed E-state index contributed by atoms with van der Waals surface area (Å²) in [7, 11) is -3.77. The lowest BCUT2D eigenvalue weighted by Gasteiger charge is -2.51. The van der Waals surface area contributed by atoms with Gasteiger partial charge >= 0.3 is 0 Å². The fourth-order valence-electron chi connectivity index (χ4n) is 2.50. The number of anilines is 1. The average Bonchev–Trinajstić information content (AvgIpc) is 2.40. The zero-order chi connectivity index (χ0) is 15.8. The largest absolute Gasteiger partial charge is 0.396 e. The van der Waals surface area contributed by atoms with Crippen molar-refractivity contribution in [2.24, 2.45) is 5.41 Å². The van der Waals surface area contributed by atoms with Gasteiger partial charge in [0.05, 0.1) is 16.7 Å². The Labute approximate surface area is 124 Å². The topological polar surface area (TPSA) is 81.4 Å². The number of halogens is 1. The Hall–Kier alpha value is -1.18. The molecule has 0 bridgehead atoms. The van der Waals surface area contributed by atoms with Gasteiger partial charge in [0.15, 0.2) is 0 Å². The van der Waals surface area contributed by atoms with Gasteiger partial charge in [0.1, 0.15) is 5.82 Å². The van der Waals surface area contributed by atoms with Gasteiger partial charge in [-0.15, -0.1) is 0 Å². The number of ether oxygens (including phenoxy) is 1. The SMILES string of the molecule is CCOC1CC(NS(=O)(=O)c2ccc(N)c(F)c2)C1(C)C. The third-order valence-corrected chi connectivity index (χ3v) is 5.59. The number of rotatable bonds is 5. The standard InChI is InChI=1S/C14H21FN2O3S/c1-4-20-13-8-12(14(13,2)3)17-21(18,19)9-5-6-11(16)10(15)7-9/h5-7,12-13,17H,4,8,16H2,1-3H3. The van der Waals surface area contributed by atoms with E-state index in [1.54, 1.807) is 0 Å². The van der Waals surface area contributed by atoms with Gasteiger partial charge in [-0.1, -0.05) is 13.8 Å². The van der Waals surface area contributed by atoms with E-state index < -0.39 is 15.8 Å². The molecule has 21 heavy (non-hydrogen) atoms. The quantitative estimate of drug-likeness (QED) is 0.813. The predicted octanol–water partition coefficient (Wildman–Crippen LogP) is 1.89. The molecule has 2 atom stereocenters. The third-order valence-electron chi connectivity index (χ3n) is 4.13. The molecule has 7 heteroatoms. The Balaban J connectivity index is 2.14. The number of sulfonamides is 1. The summed E-state index contributed by atoms with van der Waals surface area (Å²) in [6.45, 7) is 6.41. The van der Waals surface area contributed by atoms with Crippen molar-refractivity contribution in [1.82, 2.24) is 4.72 Å². The first-order chi connectivity index (χ1) is 9.68. The van der Waals surface area contributed by atoms with E-state index in [9.17, 15) is 12.8 Å². The first-order valence-electron chi connectivity index (χ1n) is 6.87. The molecule has 1 aromatic rings. The summed E-state index contributed by atoms with van der Waals surface area (Å²) in [6, 6.07) is 3.24. The molecule has 1 saturated carbocycles. The van der Waals surface area contributed by atoms with Crippen molar-refractivity contribution in [3.05, 3.63) is 24.0 Å². The number of nitrogens with one attached hydrogen (secondary N) is 1. The number of nitrogens with two attached hydrogens (primary N) is 1. The van der Waals surface area contributed by atoms with Crippen LogP contribution in [0.2, 0.25) is 0 Å². The Morgan fingerprint density at radius 3 is 2.67 bits per heavy atom. The first-order valence-corrected chi connectivity index (χ1v) is 8.35. The second kappa shape index (κ2) is 5.55. The van der Waals surface area contributed by atoms with E-state index >= 15 is 0 Å². The summed E-state index contributed by atoms with van der Waals surface area (Å²) in [5, 5.41) is 0. The molecule has 0 amide bonds. The van der Waals surface area contributed by atoms with Crippen LogP contribution in [0.3, 0.4) is 0 Å². The number of hydrogen-bond acceptors (Lipinski definition) is 4. The Morgan fingerprint density at radius 2 is 2.14 bits per heavy atom. The molecule has 1 aromatic carbocycles. The number of benzene rings is 1. The molecule has 2 rings (SSSR count). The monoisotopic (exact) mass is 316 g/mol. The van der Waals surface area contributed by atoms with Crippen LogP contribution in [0.1, 0.15) is 27.2 Å². The van der Waals surface area contributed by atoms with E-state index in [2.05, 4.69) is 4.72 Å². The summed E-state index contributed by atoms with van der Waals surface area (Å²) in [4.78, 5) is -0.121. The van der Waals surface area contributed by atoms with E-state index in [1.165, 1.54) is 12.1 Å². The fourth-order valence-corrected chi connectivity index (χ4v) is 3.92. The van der Waals surface area contributed by atoms with Gasteiger partial charge in [-0.3, -0.25) is 0 Å². The van der Waals surface area contributed by atoms with Crippen molar-refractivity contribution >= 4 is 15.7 Å². The maximum absolute atomic E-state index is 13.4. The minimum absolute atomic E-state index is 0.0263. The molecular formula is C14H21FN2O3S. The molecule has 2 unspecified atom stereocenters. The highest BCUT2D eigenvalue weighted by Crippen LogP contribution is 2.43. The van der Waals surface area contributed by atoms with Crippen LogP contribution in [0, 0.1) is 11.2 Å². The van der Waals surface area contributed by atoms with Gasteiger partial charge < -0.3 is 10.5 Å². The fraction of sp³-hybridized carbons (Fsp3) is 0.571. The summed E-state index contributed by atoms with van der Waals surface area (Å²) in [5.74, 6) is -0.738. The van der Waals surface area contributed by atoms with Crippen LogP contribution in [-0.4, -0.2) is 27.2 Å². The third kappa shape index (κ3) is 3.04. The van der Waals surface area contributed by atoms with Crippen LogP contribution in [0.4, 0.5) is 10.1 Å². The molecule has 1 aliphatic rings. The van der Waals surface area contributed by atoms with Gasteiger partial charge in [-0.25, -0.2) is 17.5 Å². The highest BCUT2D eigenvalue weighted by atomic mass is 32.2.